The third kappa shape index (κ3) is 12.4. The van der Waals surface area contributed by atoms with Gasteiger partial charge in [-0.1, -0.05) is 135 Å². The lowest BCUT2D eigenvalue weighted by molar-refractivity contribution is 0.195. The fraction of sp³-hybridized carbons (Fsp3) is 0.429. The lowest BCUT2D eigenvalue weighted by Gasteiger charge is -2.20. The van der Waals surface area contributed by atoms with Crippen LogP contribution in [0, 0.1) is 17.8 Å². The van der Waals surface area contributed by atoms with Gasteiger partial charge in [0.05, 0.1) is 23.4 Å². The Hall–Kier alpha value is -4.32. The van der Waals surface area contributed by atoms with Crippen molar-refractivity contribution in [1.82, 2.24) is 0 Å². The smallest absolute Gasteiger partial charge is 0.165 e. The average molecular weight is 652 g/mol. The molecule has 0 spiro atoms. The maximum absolute atomic E-state index is 10.6. The van der Waals surface area contributed by atoms with Crippen molar-refractivity contribution >= 4 is 23.1 Å². The van der Waals surface area contributed by atoms with Crippen LogP contribution in [0.25, 0.3) is 11.5 Å². The van der Waals surface area contributed by atoms with Gasteiger partial charge in [0.15, 0.2) is 5.84 Å². The average Bonchev–Trinajstić information content (AvgIpc) is 3.09. The van der Waals surface area contributed by atoms with Crippen molar-refractivity contribution in [3.8, 4) is 11.5 Å². The van der Waals surface area contributed by atoms with E-state index in [0.29, 0.717) is 35.1 Å². The van der Waals surface area contributed by atoms with Crippen LogP contribution in [-0.4, -0.2) is 28.5 Å². The lowest BCUT2D eigenvalue weighted by Crippen LogP contribution is -2.16. The summed E-state index contributed by atoms with van der Waals surface area (Å²) < 4.78 is 6.35. The molecular weight excluding hydrogens is 594 g/mol. The molecular formula is C42H57N3O3. The highest BCUT2D eigenvalue weighted by molar-refractivity contribution is 6.13. The van der Waals surface area contributed by atoms with Crippen molar-refractivity contribution in [3.05, 3.63) is 108 Å². The fourth-order valence-corrected chi connectivity index (χ4v) is 5.62. The van der Waals surface area contributed by atoms with E-state index in [0.717, 1.165) is 23.0 Å². The predicted molar refractivity (Wildman–Crippen MR) is 203 cm³/mol. The van der Waals surface area contributed by atoms with E-state index in [-0.39, 0.29) is 23.2 Å². The molecule has 3 aromatic rings. The number of ether oxygens (including phenoxy) is 1. The molecule has 0 heterocycles. The molecule has 0 saturated heterocycles. The molecule has 0 saturated carbocycles. The monoisotopic (exact) mass is 651 g/mol. The summed E-state index contributed by atoms with van der Waals surface area (Å²) >= 11 is 0. The van der Waals surface area contributed by atoms with Gasteiger partial charge in [0.2, 0.25) is 0 Å². The number of aliphatic imine (C=N–C) groups is 2. The first-order chi connectivity index (χ1) is 23.1. The summed E-state index contributed by atoms with van der Waals surface area (Å²) in [4.78, 5) is 9.23. The van der Waals surface area contributed by atoms with E-state index in [1.807, 2.05) is 24.3 Å². The molecule has 0 aliphatic carbocycles. The number of benzene rings is 3. The fourth-order valence-electron chi connectivity index (χ4n) is 5.62. The number of amidine groups is 2. The molecule has 48 heavy (non-hydrogen) atoms. The molecule has 3 unspecified atom stereocenters. The van der Waals surface area contributed by atoms with Gasteiger partial charge in [-0.05, 0) is 60.9 Å². The Kier molecular flexibility index (Phi) is 16.0. The second-order valence-corrected chi connectivity index (χ2v) is 13.2. The zero-order valence-electron chi connectivity index (χ0n) is 29.6. The number of aromatic hydroxyl groups is 2. The van der Waals surface area contributed by atoms with Crippen LogP contribution in [0.1, 0.15) is 114 Å². The zero-order chi connectivity index (χ0) is 34.9. The number of nitrogens with zero attached hydrogens (tertiary/aromatic N) is 2. The van der Waals surface area contributed by atoms with Crippen LogP contribution < -0.4 is 5.73 Å². The molecule has 4 N–H and O–H groups in total. The Labute approximate surface area is 289 Å². The Morgan fingerprint density at radius 2 is 1.27 bits per heavy atom. The maximum atomic E-state index is 10.6. The van der Waals surface area contributed by atoms with Gasteiger partial charge < -0.3 is 20.7 Å². The van der Waals surface area contributed by atoms with Crippen LogP contribution in [0.3, 0.4) is 0 Å². The van der Waals surface area contributed by atoms with Crippen LogP contribution >= 0.6 is 0 Å². The first kappa shape index (κ1) is 38.1. The zero-order valence-corrected chi connectivity index (χ0v) is 29.6. The first-order valence-corrected chi connectivity index (χ1v) is 17.7. The topological polar surface area (TPSA) is 100 Å². The number of hydrogen-bond acceptors (Lipinski definition) is 4. The van der Waals surface area contributed by atoms with Gasteiger partial charge in [-0.15, -0.1) is 0 Å². The molecule has 3 aromatic carbocycles. The number of rotatable bonds is 20. The number of para-hydroxylation sites is 2. The summed E-state index contributed by atoms with van der Waals surface area (Å²) in [5.41, 5.74) is 9.10. The van der Waals surface area contributed by atoms with E-state index in [1.54, 1.807) is 42.5 Å². The third-order valence-corrected chi connectivity index (χ3v) is 9.32. The summed E-state index contributed by atoms with van der Waals surface area (Å²) in [7, 11) is 0. The van der Waals surface area contributed by atoms with Gasteiger partial charge >= 0.3 is 0 Å². The normalized spacial score (nSPS) is 13.9. The molecule has 0 fully saturated rings. The minimum Gasteiger partial charge on any atom is -0.507 e. The van der Waals surface area contributed by atoms with Gasteiger partial charge in [0.25, 0.3) is 0 Å². The standard InChI is InChI=1S/C42H57N3O3/c1-7-30(3)18-10-9-11-20-34(21-16-19-31(4)8-2)29-48-33(6)36-23-17-22-35(28-36)32(5)44-42(38-25-13-15-27-40(38)47)45-41(43)37-24-12-14-26-39(37)46/h12-15,17,22-28,30-31,34,46-47H,5-11,16,18-21,29H2,1-4H3,(H2,43,44,45). The van der Waals surface area contributed by atoms with Gasteiger partial charge in [0.1, 0.15) is 23.1 Å². The molecule has 3 atom stereocenters. The van der Waals surface area contributed by atoms with Crippen LogP contribution in [0.2, 0.25) is 0 Å². The number of unbranched alkanes of at least 4 members (excludes halogenated alkanes) is 2. The molecule has 258 valence electrons. The molecule has 6 nitrogen and oxygen atoms in total. The Morgan fingerprint density at radius 3 is 1.92 bits per heavy atom. The number of phenols is 2. The largest absolute Gasteiger partial charge is 0.507 e. The molecule has 6 heteroatoms. The molecule has 3 rings (SSSR count). The minimum absolute atomic E-state index is 0.000196. The Balaban J connectivity index is 1.75. The van der Waals surface area contributed by atoms with E-state index >= 15 is 0 Å². The van der Waals surface area contributed by atoms with E-state index in [2.05, 4.69) is 45.8 Å². The second-order valence-electron chi connectivity index (χ2n) is 13.2. The second kappa shape index (κ2) is 20.1. The molecule has 0 aliphatic rings. The minimum atomic E-state index is -0.000196. The van der Waals surface area contributed by atoms with Crippen molar-refractivity contribution in [2.75, 3.05) is 6.61 Å². The summed E-state index contributed by atoms with van der Waals surface area (Å²) in [6.07, 6.45) is 12.5. The molecule has 0 amide bonds. The van der Waals surface area contributed by atoms with Crippen molar-refractivity contribution in [1.29, 1.82) is 0 Å². The van der Waals surface area contributed by atoms with Crippen LogP contribution in [-0.2, 0) is 4.74 Å². The highest BCUT2D eigenvalue weighted by atomic mass is 16.5. The van der Waals surface area contributed by atoms with Crippen molar-refractivity contribution in [3.63, 3.8) is 0 Å². The van der Waals surface area contributed by atoms with E-state index in [9.17, 15) is 10.2 Å². The van der Waals surface area contributed by atoms with Gasteiger partial charge in [-0.25, -0.2) is 9.98 Å². The summed E-state index contributed by atoms with van der Waals surface area (Å²) in [5.74, 6) is 2.94. The predicted octanol–water partition coefficient (Wildman–Crippen LogP) is 10.7. The lowest BCUT2D eigenvalue weighted by atomic mass is 9.92. The summed E-state index contributed by atoms with van der Waals surface area (Å²) in [5, 5.41) is 20.9. The van der Waals surface area contributed by atoms with E-state index in [1.165, 1.54) is 70.3 Å². The highest BCUT2D eigenvalue weighted by Crippen LogP contribution is 2.27. The van der Waals surface area contributed by atoms with Crippen LogP contribution in [0.4, 0.5) is 0 Å². The third-order valence-electron chi connectivity index (χ3n) is 9.32. The summed E-state index contributed by atoms with van der Waals surface area (Å²) in [6.45, 7) is 18.4. The molecule has 0 aliphatic heterocycles. The molecule has 0 aromatic heterocycles. The summed E-state index contributed by atoms with van der Waals surface area (Å²) in [6, 6.07) is 21.2. The molecule has 0 bridgehead atoms. The first-order valence-electron chi connectivity index (χ1n) is 17.7. The van der Waals surface area contributed by atoms with Gasteiger partial charge in [-0.3, -0.25) is 0 Å². The van der Waals surface area contributed by atoms with E-state index < -0.39 is 0 Å². The molecule has 0 radical (unpaired) electrons. The number of hydrogen-bond donors (Lipinski definition) is 3. The number of phenolic OH excluding ortho intramolecular Hbond substituents is 2. The Bertz CT molecular complexity index is 1530. The van der Waals surface area contributed by atoms with Crippen LogP contribution in [0.5, 0.6) is 11.5 Å². The highest BCUT2D eigenvalue weighted by Gasteiger charge is 2.15. The van der Waals surface area contributed by atoms with Gasteiger partial charge in [0, 0.05) is 11.1 Å². The quantitative estimate of drug-likeness (QED) is 0.0490. The van der Waals surface area contributed by atoms with Crippen molar-refractivity contribution < 1.29 is 14.9 Å². The Morgan fingerprint density at radius 1 is 0.708 bits per heavy atom. The maximum Gasteiger partial charge on any atom is 0.165 e. The van der Waals surface area contributed by atoms with Gasteiger partial charge in [-0.2, -0.15) is 0 Å². The number of nitrogens with two attached hydrogens (primary N) is 1. The SMILES string of the molecule is C=C(N=C(N=C(N)c1ccccc1O)c1ccccc1O)c1cccc(C(=C)OCC(CCCCCC(C)CC)CCCC(C)CC)c1. The van der Waals surface area contributed by atoms with Crippen molar-refractivity contribution in [2.24, 2.45) is 33.5 Å². The van der Waals surface area contributed by atoms with E-state index in [4.69, 9.17) is 15.5 Å². The van der Waals surface area contributed by atoms with Crippen molar-refractivity contribution in [2.45, 2.75) is 91.9 Å². The van der Waals surface area contributed by atoms with Crippen LogP contribution in [0.15, 0.2) is 95.9 Å².